The van der Waals surface area contributed by atoms with Crippen molar-refractivity contribution in [3.8, 4) is 0 Å². The summed E-state index contributed by atoms with van der Waals surface area (Å²) in [5.74, 6) is 0.843. The molecule has 3 aromatic rings. The van der Waals surface area contributed by atoms with E-state index in [4.69, 9.17) is 4.74 Å². The number of likely N-dealkylation sites (tertiary alicyclic amines) is 1. The number of aromatic nitrogens is 3. The van der Waals surface area contributed by atoms with Crippen molar-refractivity contribution < 1.29 is 9.53 Å². The van der Waals surface area contributed by atoms with Crippen LogP contribution in [-0.2, 0) is 21.4 Å². The molecule has 32 heavy (non-hydrogen) atoms. The summed E-state index contributed by atoms with van der Waals surface area (Å²) in [6, 6.07) is 8.51. The summed E-state index contributed by atoms with van der Waals surface area (Å²) >= 11 is 0. The van der Waals surface area contributed by atoms with E-state index in [1.165, 1.54) is 5.56 Å². The first-order chi connectivity index (χ1) is 15.6. The largest absolute Gasteiger partial charge is 0.381 e. The number of aryl methyl sites for hydroxylation is 1. The highest BCUT2D eigenvalue weighted by Gasteiger charge is 2.44. The Bertz CT molecular complexity index is 1090. The van der Waals surface area contributed by atoms with Gasteiger partial charge in [-0.15, -0.1) is 0 Å². The van der Waals surface area contributed by atoms with Gasteiger partial charge in [-0.3, -0.25) is 9.78 Å². The van der Waals surface area contributed by atoms with E-state index in [9.17, 15) is 4.79 Å². The molecule has 0 saturated carbocycles. The summed E-state index contributed by atoms with van der Waals surface area (Å²) in [5.41, 5.74) is 3.90. The number of ether oxygens (including phenoxy) is 1. The molecule has 2 aromatic heterocycles. The topological polar surface area (TPSA) is 59.7 Å². The minimum atomic E-state index is -0.446. The number of amides is 1. The second-order valence-corrected chi connectivity index (χ2v) is 9.43. The van der Waals surface area contributed by atoms with Crippen molar-refractivity contribution >= 4 is 11.6 Å². The van der Waals surface area contributed by atoms with Crippen LogP contribution in [0.25, 0.3) is 5.65 Å². The lowest BCUT2D eigenvalue weighted by Gasteiger charge is -2.40. The first-order valence-corrected chi connectivity index (χ1v) is 11.9. The maximum absolute atomic E-state index is 14.0. The lowest BCUT2D eigenvalue weighted by atomic mass is 9.72. The predicted octanol–water partition coefficient (Wildman–Crippen LogP) is 3.96. The van der Waals surface area contributed by atoms with Crippen molar-refractivity contribution in [1.29, 1.82) is 0 Å². The van der Waals surface area contributed by atoms with Gasteiger partial charge in [0.05, 0.1) is 17.3 Å². The molecule has 2 saturated heterocycles. The van der Waals surface area contributed by atoms with Crippen LogP contribution in [0, 0.1) is 12.8 Å². The second-order valence-electron chi connectivity index (χ2n) is 9.43. The molecular weight excluding hydrogens is 400 g/mol. The number of nitrogens with zero attached hydrogens (tertiary/aromatic N) is 4. The van der Waals surface area contributed by atoms with Gasteiger partial charge in [0, 0.05) is 44.9 Å². The molecule has 0 spiro atoms. The molecule has 1 amide bonds. The number of imidazole rings is 1. The Balaban J connectivity index is 1.30. The third kappa shape index (κ3) is 4.16. The van der Waals surface area contributed by atoms with Crippen molar-refractivity contribution in [1.82, 2.24) is 19.3 Å². The van der Waals surface area contributed by atoms with Gasteiger partial charge in [-0.25, -0.2) is 4.98 Å². The quantitative estimate of drug-likeness (QED) is 0.626. The third-order valence-electron chi connectivity index (χ3n) is 7.29. The molecule has 2 aliphatic rings. The van der Waals surface area contributed by atoms with Crippen LogP contribution >= 0.6 is 0 Å². The molecule has 1 atom stereocenters. The van der Waals surface area contributed by atoms with E-state index in [0.717, 1.165) is 68.5 Å². The number of benzene rings is 1. The third-order valence-corrected chi connectivity index (χ3v) is 7.29. The number of carbonyl (C=O) groups excluding carboxylic acids is 1. The number of fused-ring (bicyclic) bond motifs is 1. The molecule has 2 fully saturated rings. The molecule has 0 bridgehead atoms. The normalized spacial score (nSPS) is 21.4. The van der Waals surface area contributed by atoms with E-state index in [-0.39, 0.29) is 0 Å². The molecule has 6 heteroatoms. The molecule has 0 N–H and O–H groups in total. The van der Waals surface area contributed by atoms with Crippen LogP contribution < -0.4 is 0 Å². The summed E-state index contributed by atoms with van der Waals surface area (Å²) in [6.07, 6.45) is 13.4. The minimum Gasteiger partial charge on any atom is -0.381 e. The highest BCUT2D eigenvalue weighted by atomic mass is 16.5. The number of hydrogen-bond acceptors (Lipinski definition) is 4. The molecule has 5 rings (SSSR count). The molecule has 2 aliphatic heterocycles. The highest BCUT2D eigenvalue weighted by molar-refractivity contribution is 5.88. The molecular formula is C26H32N4O2. The Morgan fingerprint density at radius 2 is 2.06 bits per heavy atom. The van der Waals surface area contributed by atoms with Crippen LogP contribution in [0.15, 0.2) is 49.1 Å². The number of carbonyl (C=O) groups is 1. The molecule has 4 heterocycles. The van der Waals surface area contributed by atoms with E-state index in [2.05, 4.69) is 52.3 Å². The minimum absolute atomic E-state index is 0.296. The fourth-order valence-electron chi connectivity index (χ4n) is 5.43. The van der Waals surface area contributed by atoms with Crippen LogP contribution in [0.5, 0.6) is 0 Å². The summed E-state index contributed by atoms with van der Waals surface area (Å²) in [4.78, 5) is 25.0. The first kappa shape index (κ1) is 21.1. The van der Waals surface area contributed by atoms with Crippen LogP contribution in [0.1, 0.15) is 48.9 Å². The maximum Gasteiger partial charge on any atom is 0.233 e. The standard InChI is InChI=1S/C26H32N4O2/c1-20-4-2-6-22(16-20)26(8-14-32-15-9-26)25(31)29-11-3-5-21(7-12-29)17-23-19-30-13-10-27-24(30)18-28-23/h2,4,6,10,13,16,18-19,21H,3,5,7-9,11-12,14-15,17H2,1H3. The summed E-state index contributed by atoms with van der Waals surface area (Å²) < 4.78 is 7.70. The highest BCUT2D eigenvalue weighted by Crippen LogP contribution is 2.38. The lowest BCUT2D eigenvalue weighted by molar-refractivity contribution is -0.141. The summed E-state index contributed by atoms with van der Waals surface area (Å²) in [5, 5.41) is 0. The molecule has 6 nitrogen and oxygen atoms in total. The van der Waals surface area contributed by atoms with Crippen molar-refractivity contribution in [2.75, 3.05) is 26.3 Å². The van der Waals surface area contributed by atoms with Crippen LogP contribution in [0.4, 0.5) is 0 Å². The van der Waals surface area contributed by atoms with Crippen LogP contribution in [0.3, 0.4) is 0 Å². The Morgan fingerprint density at radius 1 is 1.19 bits per heavy atom. The fraction of sp³-hybridized carbons (Fsp3) is 0.500. The van der Waals surface area contributed by atoms with Crippen molar-refractivity contribution in [2.24, 2.45) is 5.92 Å². The first-order valence-electron chi connectivity index (χ1n) is 11.9. The monoisotopic (exact) mass is 432 g/mol. The Labute approximate surface area is 189 Å². The molecule has 0 aliphatic carbocycles. The molecule has 1 unspecified atom stereocenters. The number of hydrogen-bond donors (Lipinski definition) is 0. The maximum atomic E-state index is 14.0. The van der Waals surface area contributed by atoms with Crippen LogP contribution in [-0.4, -0.2) is 51.5 Å². The average molecular weight is 433 g/mol. The van der Waals surface area contributed by atoms with Gasteiger partial charge < -0.3 is 14.0 Å². The smallest absolute Gasteiger partial charge is 0.233 e. The van der Waals surface area contributed by atoms with Crippen molar-refractivity contribution in [2.45, 2.75) is 50.9 Å². The van der Waals surface area contributed by atoms with Crippen molar-refractivity contribution in [3.05, 3.63) is 65.9 Å². The lowest BCUT2D eigenvalue weighted by Crippen LogP contribution is -2.50. The fourth-order valence-corrected chi connectivity index (χ4v) is 5.43. The van der Waals surface area contributed by atoms with Gasteiger partial charge in [0.25, 0.3) is 0 Å². The zero-order valence-corrected chi connectivity index (χ0v) is 18.9. The van der Waals surface area contributed by atoms with Gasteiger partial charge in [-0.2, -0.15) is 0 Å². The Morgan fingerprint density at radius 3 is 2.91 bits per heavy atom. The molecule has 168 valence electrons. The van der Waals surface area contributed by atoms with Crippen molar-refractivity contribution in [3.63, 3.8) is 0 Å². The average Bonchev–Trinajstić information content (AvgIpc) is 3.16. The Hall–Kier alpha value is -2.73. The van der Waals surface area contributed by atoms with E-state index in [1.54, 1.807) is 6.20 Å². The predicted molar refractivity (Wildman–Crippen MR) is 124 cm³/mol. The summed E-state index contributed by atoms with van der Waals surface area (Å²) in [7, 11) is 0. The van der Waals surface area contributed by atoms with Crippen LogP contribution in [0.2, 0.25) is 0 Å². The SMILES string of the molecule is Cc1cccc(C2(C(=O)N3CCCC(Cc4cn5ccnc5cn4)CC3)CCOCC2)c1. The van der Waals surface area contributed by atoms with Gasteiger partial charge >= 0.3 is 0 Å². The number of rotatable bonds is 4. The summed E-state index contributed by atoms with van der Waals surface area (Å²) in [6.45, 7) is 5.08. The van der Waals surface area contributed by atoms with E-state index < -0.39 is 5.41 Å². The molecule has 0 radical (unpaired) electrons. The zero-order chi connectivity index (χ0) is 22.0. The van der Waals surface area contributed by atoms with E-state index >= 15 is 0 Å². The molecule has 1 aromatic carbocycles. The van der Waals surface area contributed by atoms with Gasteiger partial charge in [-0.05, 0) is 56.9 Å². The van der Waals surface area contributed by atoms with Gasteiger partial charge in [-0.1, -0.05) is 29.8 Å². The Kier molecular flexibility index (Phi) is 5.96. The second kappa shape index (κ2) is 9.02. The van der Waals surface area contributed by atoms with E-state index in [1.807, 2.05) is 16.8 Å². The van der Waals surface area contributed by atoms with Gasteiger partial charge in [0.1, 0.15) is 0 Å². The van der Waals surface area contributed by atoms with Gasteiger partial charge in [0.15, 0.2) is 5.65 Å². The van der Waals surface area contributed by atoms with Gasteiger partial charge in [0.2, 0.25) is 5.91 Å². The zero-order valence-electron chi connectivity index (χ0n) is 18.9. The van der Waals surface area contributed by atoms with E-state index in [0.29, 0.717) is 25.0 Å².